The number of halogens is 2. The van der Waals surface area contributed by atoms with Crippen molar-refractivity contribution in [3.8, 4) is 5.75 Å². The van der Waals surface area contributed by atoms with Crippen molar-refractivity contribution in [2.75, 3.05) is 0 Å². The first kappa shape index (κ1) is 15.3. The number of aryl methyl sites for hydroxylation is 1. The lowest BCUT2D eigenvalue weighted by atomic mass is 10.2. The van der Waals surface area contributed by atoms with Crippen molar-refractivity contribution in [2.24, 2.45) is 0 Å². The van der Waals surface area contributed by atoms with Gasteiger partial charge in [-0.2, -0.15) is 0 Å². The topological polar surface area (TPSA) is 53.1 Å². The molecular formula is C16H11Cl2NO2S. The average Bonchev–Trinajstić information content (AvgIpc) is 2.44. The predicted octanol–water partition coefficient (Wildman–Crippen LogP) is 5.00. The highest BCUT2D eigenvalue weighted by atomic mass is 35.5. The van der Waals surface area contributed by atoms with Crippen LogP contribution in [0.25, 0.3) is 10.9 Å². The summed E-state index contributed by atoms with van der Waals surface area (Å²) in [6, 6.07) is 10.7. The van der Waals surface area contributed by atoms with Gasteiger partial charge in [0.1, 0.15) is 10.6 Å². The van der Waals surface area contributed by atoms with Crippen molar-refractivity contribution in [1.82, 2.24) is 4.98 Å². The maximum absolute atomic E-state index is 12.3. The first-order valence-corrected chi connectivity index (χ1v) is 8.02. The molecule has 0 bridgehead atoms. The van der Waals surface area contributed by atoms with Crippen LogP contribution in [0.5, 0.6) is 5.75 Å². The molecule has 0 aliphatic carbocycles. The van der Waals surface area contributed by atoms with Crippen LogP contribution in [0.4, 0.5) is 0 Å². The van der Waals surface area contributed by atoms with E-state index in [4.69, 9.17) is 23.2 Å². The van der Waals surface area contributed by atoms with Gasteiger partial charge in [-0.25, -0.2) is 0 Å². The summed E-state index contributed by atoms with van der Waals surface area (Å²) in [7, 11) is 0. The van der Waals surface area contributed by atoms with Crippen molar-refractivity contribution < 1.29 is 5.11 Å². The number of pyridine rings is 1. The minimum atomic E-state index is -0.378. The zero-order chi connectivity index (χ0) is 15.9. The fourth-order valence-electron chi connectivity index (χ4n) is 2.19. The third kappa shape index (κ3) is 2.70. The Balaban J connectivity index is 2.23. The summed E-state index contributed by atoms with van der Waals surface area (Å²) in [5.41, 5.74) is 1.05. The Hall–Kier alpha value is -1.62. The zero-order valence-electron chi connectivity index (χ0n) is 11.5. The lowest BCUT2D eigenvalue weighted by molar-refractivity contribution is 0.467. The molecule has 2 N–H and O–H groups in total. The monoisotopic (exact) mass is 351 g/mol. The van der Waals surface area contributed by atoms with E-state index in [2.05, 4.69) is 4.98 Å². The van der Waals surface area contributed by atoms with Crippen molar-refractivity contribution in [2.45, 2.75) is 16.7 Å². The van der Waals surface area contributed by atoms with Gasteiger partial charge in [-0.3, -0.25) is 4.79 Å². The van der Waals surface area contributed by atoms with E-state index in [-0.39, 0.29) is 16.2 Å². The molecule has 0 radical (unpaired) electrons. The molecule has 0 aliphatic heterocycles. The number of aromatic hydroxyl groups is 1. The van der Waals surface area contributed by atoms with Gasteiger partial charge in [0.15, 0.2) is 0 Å². The van der Waals surface area contributed by atoms with Crippen LogP contribution in [0.1, 0.15) is 5.56 Å². The van der Waals surface area contributed by atoms with Crippen LogP contribution in [-0.4, -0.2) is 10.1 Å². The second-order valence-corrected chi connectivity index (χ2v) is 6.71. The van der Waals surface area contributed by atoms with Gasteiger partial charge in [-0.15, -0.1) is 0 Å². The highest BCUT2D eigenvalue weighted by molar-refractivity contribution is 7.99. The van der Waals surface area contributed by atoms with Gasteiger partial charge in [0.2, 0.25) is 0 Å². The molecule has 0 saturated heterocycles. The number of benzene rings is 2. The van der Waals surface area contributed by atoms with E-state index in [1.54, 1.807) is 6.07 Å². The highest BCUT2D eigenvalue weighted by Crippen LogP contribution is 2.40. The van der Waals surface area contributed by atoms with Crippen LogP contribution < -0.4 is 5.56 Å². The second kappa shape index (κ2) is 5.88. The van der Waals surface area contributed by atoms with Gasteiger partial charge < -0.3 is 10.1 Å². The number of hydrogen-bond donors (Lipinski definition) is 2. The summed E-state index contributed by atoms with van der Waals surface area (Å²) in [6.07, 6.45) is 0. The molecule has 0 aliphatic rings. The number of H-pyrrole nitrogens is 1. The smallest absolute Gasteiger partial charge is 0.266 e. The van der Waals surface area contributed by atoms with Crippen molar-refractivity contribution in [1.29, 1.82) is 0 Å². The Bertz CT molecular complexity index is 937. The Morgan fingerprint density at radius 3 is 2.64 bits per heavy atom. The Labute approximate surface area is 140 Å². The van der Waals surface area contributed by atoms with E-state index in [0.717, 1.165) is 10.5 Å². The molecule has 1 heterocycles. The number of aromatic amines is 1. The summed E-state index contributed by atoms with van der Waals surface area (Å²) < 4.78 is 0. The largest absolute Gasteiger partial charge is 0.506 e. The predicted molar refractivity (Wildman–Crippen MR) is 91.6 cm³/mol. The fourth-order valence-corrected chi connectivity index (χ4v) is 3.71. The summed E-state index contributed by atoms with van der Waals surface area (Å²) in [5.74, 6) is -0.131. The molecule has 0 amide bonds. The van der Waals surface area contributed by atoms with Crippen LogP contribution in [0.3, 0.4) is 0 Å². The number of nitrogens with one attached hydrogen (secondary N) is 1. The van der Waals surface area contributed by atoms with Gasteiger partial charge in [-0.1, -0.05) is 53.2 Å². The summed E-state index contributed by atoms with van der Waals surface area (Å²) in [4.78, 5) is 16.1. The summed E-state index contributed by atoms with van der Waals surface area (Å²) in [5, 5.41) is 11.6. The Morgan fingerprint density at radius 1 is 1.18 bits per heavy atom. The normalized spacial score (nSPS) is 11.0. The minimum absolute atomic E-state index is 0.131. The molecule has 22 heavy (non-hydrogen) atoms. The standard InChI is InChI=1S/C16H11Cl2NO2S/c1-8-4-2-3-5-12(8)22-15-14(20)13-10(18)6-9(17)7-11(13)19-16(15)21/h2-7H,1H3,(H2,19,20,21). The Morgan fingerprint density at radius 2 is 1.91 bits per heavy atom. The van der Waals surface area contributed by atoms with Gasteiger partial charge >= 0.3 is 0 Å². The van der Waals surface area contributed by atoms with E-state index in [0.29, 0.717) is 20.9 Å². The van der Waals surface area contributed by atoms with Crippen LogP contribution in [-0.2, 0) is 0 Å². The molecule has 0 fully saturated rings. The molecule has 3 nitrogen and oxygen atoms in total. The third-order valence-electron chi connectivity index (χ3n) is 3.27. The lowest BCUT2D eigenvalue weighted by Gasteiger charge is -2.10. The molecule has 0 atom stereocenters. The maximum atomic E-state index is 12.3. The molecule has 2 aromatic carbocycles. The van der Waals surface area contributed by atoms with Crippen LogP contribution in [0.2, 0.25) is 10.0 Å². The van der Waals surface area contributed by atoms with Crippen LogP contribution in [0.15, 0.2) is 51.0 Å². The quantitative estimate of drug-likeness (QED) is 0.682. The minimum Gasteiger partial charge on any atom is -0.506 e. The zero-order valence-corrected chi connectivity index (χ0v) is 13.8. The van der Waals surface area contributed by atoms with Crippen LogP contribution in [0, 0.1) is 6.92 Å². The molecule has 3 aromatic rings. The van der Waals surface area contributed by atoms with Gasteiger partial charge in [0.05, 0.1) is 15.9 Å². The molecule has 3 rings (SSSR count). The molecule has 1 aromatic heterocycles. The number of fused-ring (bicyclic) bond motifs is 1. The van der Waals surface area contributed by atoms with E-state index in [1.807, 2.05) is 31.2 Å². The molecule has 112 valence electrons. The Kier molecular flexibility index (Phi) is 4.08. The first-order chi connectivity index (χ1) is 10.5. The second-order valence-electron chi connectivity index (χ2n) is 4.81. The fraction of sp³-hybridized carbons (Fsp3) is 0.0625. The summed E-state index contributed by atoms with van der Waals surface area (Å²) >= 11 is 13.3. The molecule has 6 heteroatoms. The molecular weight excluding hydrogens is 341 g/mol. The van der Waals surface area contributed by atoms with E-state index in [1.165, 1.54) is 17.8 Å². The maximum Gasteiger partial charge on any atom is 0.266 e. The molecule has 0 spiro atoms. The molecule has 0 saturated carbocycles. The van der Waals surface area contributed by atoms with Gasteiger partial charge in [0.25, 0.3) is 5.56 Å². The number of rotatable bonds is 2. The van der Waals surface area contributed by atoms with Gasteiger partial charge in [0, 0.05) is 9.92 Å². The van der Waals surface area contributed by atoms with E-state index < -0.39 is 0 Å². The highest BCUT2D eigenvalue weighted by Gasteiger charge is 2.16. The number of hydrogen-bond acceptors (Lipinski definition) is 3. The first-order valence-electron chi connectivity index (χ1n) is 6.45. The third-order valence-corrected chi connectivity index (χ3v) is 5.04. The summed E-state index contributed by atoms with van der Waals surface area (Å²) in [6.45, 7) is 1.95. The van der Waals surface area contributed by atoms with Crippen molar-refractivity contribution >= 4 is 45.9 Å². The SMILES string of the molecule is Cc1ccccc1Sc1c(O)c2c(Cl)cc(Cl)cc2[nH]c1=O. The van der Waals surface area contributed by atoms with E-state index >= 15 is 0 Å². The molecule has 0 unspecified atom stereocenters. The number of aromatic nitrogens is 1. The van der Waals surface area contributed by atoms with Crippen LogP contribution >= 0.6 is 35.0 Å². The van der Waals surface area contributed by atoms with E-state index in [9.17, 15) is 9.90 Å². The lowest BCUT2D eigenvalue weighted by Crippen LogP contribution is -2.08. The van der Waals surface area contributed by atoms with Gasteiger partial charge in [-0.05, 0) is 30.7 Å². The van der Waals surface area contributed by atoms with Crippen molar-refractivity contribution in [3.63, 3.8) is 0 Å². The average molecular weight is 352 g/mol. The van der Waals surface area contributed by atoms with Crippen molar-refractivity contribution in [3.05, 3.63) is 62.4 Å².